The zero-order chi connectivity index (χ0) is 16.1. The molecule has 0 unspecified atom stereocenters. The van der Waals surface area contributed by atoms with Crippen molar-refractivity contribution in [1.29, 1.82) is 0 Å². The molecule has 0 saturated carbocycles. The van der Waals surface area contributed by atoms with E-state index < -0.39 is 0 Å². The summed E-state index contributed by atoms with van der Waals surface area (Å²) in [4.78, 5) is 5.84. The minimum atomic E-state index is 0.467. The first kappa shape index (κ1) is 15.9. The highest BCUT2D eigenvalue weighted by Crippen LogP contribution is 2.21. The first-order valence-corrected chi connectivity index (χ1v) is 8.92. The van der Waals surface area contributed by atoms with Crippen molar-refractivity contribution < 1.29 is 0 Å². The molecule has 0 amide bonds. The number of aromatic nitrogens is 3. The highest BCUT2D eigenvalue weighted by atomic mass is 79.9. The van der Waals surface area contributed by atoms with Crippen molar-refractivity contribution in [2.75, 3.05) is 6.54 Å². The van der Waals surface area contributed by atoms with Crippen LogP contribution in [0.1, 0.15) is 17.6 Å². The van der Waals surface area contributed by atoms with Crippen molar-refractivity contribution in [3.63, 3.8) is 0 Å². The van der Waals surface area contributed by atoms with Gasteiger partial charge in [0, 0.05) is 17.6 Å². The Kier molecular flexibility index (Phi) is 5.24. The summed E-state index contributed by atoms with van der Waals surface area (Å²) in [5, 5.41) is 14.9. The smallest absolute Gasteiger partial charge is 0.191 e. The molecule has 120 valence electrons. The molecule has 0 bridgehead atoms. The van der Waals surface area contributed by atoms with Gasteiger partial charge in [0.2, 0.25) is 0 Å². The van der Waals surface area contributed by atoms with Crippen molar-refractivity contribution in [2.24, 2.45) is 4.99 Å². The van der Waals surface area contributed by atoms with E-state index in [1.54, 1.807) is 11.3 Å². The maximum Gasteiger partial charge on any atom is 0.191 e. The number of rotatable bonds is 5. The molecule has 0 radical (unpaired) electrons. The highest BCUT2D eigenvalue weighted by Gasteiger charge is 2.05. The summed E-state index contributed by atoms with van der Waals surface area (Å²) in [6.45, 7) is 4.06. The van der Waals surface area contributed by atoms with Crippen LogP contribution in [0.4, 0.5) is 0 Å². The molecule has 3 aromatic heterocycles. The first-order chi connectivity index (χ1) is 11.3. The summed E-state index contributed by atoms with van der Waals surface area (Å²) in [5.74, 6) is 1.58. The minimum absolute atomic E-state index is 0.467. The molecule has 0 aliphatic rings. The number of aliphatic imine (C=N–C) groups is 1. The van der Waals surface area contributed by atoms with Gasteiger partial charge in [-0.2, -0.15) is 0 Å². The van der Waals surface area contributed by atoms with Crippen LogP contribution in [0.2, 0.25) is 0 Å². The minimum Gasteiger partial charge on any atom is -0.357 e. The summed E-state index contributed by atoms with van der Waals surface area (Å²) >= 11 is 5.19. The normalized spacial score (nSPS) is 11.8. The SMILES string of the molecule is CCNC(=NCc1nnc2ccccn12)NCc1ccc(Br)s1. The molecule has 3 heterocycles. The second kappa shape index (κ2) is 7.56. The van der Waals surface area contributed by atoms with Crippen LogP contribution in [0.25, 0.3) is 5.65 Å². The number of guanidine groups is 1. The predicted octanol–water partition coefficient (Wildman–Crippen LogP) is 2.81. The third-order valence-electron chi connectivity index (χ3n) is 3.17. The van der Waals surface area contributed by atoms with Gasteiger partial charge in [-0.25, -0.2) is 4.99 Å². The molecule has 0 atom stereocenters. The van der Waals surface area contributed by atoms with E-state index in [4.69, 9.17) is 0 Å². The Morgan fingerprint density at radius 1 is 1.26 bits per heavy atom. The largest absolute Gasteiger partial charge is 0.357 e. The average molecular weight is 393 g/mol. The lowest BCUT2D eigenvalue weighted by Gasteiger charge is -2.10. The Hall–Kier alpha value is -1.93. The molecule has 3 aromatic rings. The fourth-order valence-corrected chi connectivity index (χ4v) is 3.53. The fraction of sp³-hybridized carbons (Fsp3) is 0.267. The van der Waals surface area contributed by atoms with Crippen LogP contribution in [0.3, 0.4) is 0 Å². The maximum absolute atomic E-state index is 4.59. The first-order valence-electron chi connectivity index (χ1n) is 7.31. The van der Waals surface area contributed by atoms with Crippen molar-refractivity contribution in [3.8, 4) is 0 Å². The second-order valence-corrected chi connectivity index (χ2v) is 7.35. The number of halogens is 1. The Balaban J connectivity index is 1.68. The molecule has 0 saturated heterocycles. The topological polar surface area (TPSA) is 66.6 Å². The summed E-state index contributed by atoms with van der Waals surface area (Å²) in [5.41, 5.74) is 0.832. The summed E-state index contributed by atoms with van der Waals surface area (Å²) in [6.07, 6.45) is 1.95. The van der Waals surface area contributed by atoms with E-state index in [2.05, 4.69) is 47.8 Å². The van der Waals surface area contributed by atoms with Crippen LogP contribution in [0.5, 0.6) is 0 Å². The highest BCUT2D eigenvalue weighted by molar-refractivity contribution is 9.11. The van der Waals surface area contributed by atoms with Crippen molar-refractivity contribution in [2.45, 2.75) is 20.0 Å². The Morgan fingerprint density at radius 2 is 2.17 bits per heavy atom. The Labute approximate surface area is 146 Å². The van der Waals surface area contributed by atoms with Crippen molar-refractivity contribution in [3.05, 3.63) is 51.0 Å². The maximum atomic E-state index is 4.59. The fourth-order valence-electron chi connectivity index (χ4n) is 2.11. The molecular weight excluding hydrogens is 376 g/mol. The monoisotopic (exact) mass is 392 g/mol. The van der Waals surface area contributed by atoms with Crippen molar-refractivity contribution >= 4 is 38.9 Å². The van der Waals surface area contributed by atoms with Gasteiger partial charge in [-0.1, -0.05) is 6.07 Å². The van der Waals surface area contributed by atoms with Crippen LogP contribution in [-0.4, -0.2) is 27.1 Å². The van der Waals surface area contributed by atoms with Crippen LogP contribution in [0, 0.1) is 0 Å². The summed E-state index contributed by atoms with van der Waals surface area (Å²) in [6, 6.07) is 9.98. The van der Waals surface area contributed by atoms with Gasteiger partial charge in [-0.3, -0.25) is 4.40 Å². The van der Waals surface area contributed by atoms with E-state index in [-0.39, 0.29) is 0 Å². The number of pyridine rings is 1. The number of fused-ring (bicyclic) bond motifs is 1. The quantitative estimate of drug-likeness (QED) is 0.517. The van der Waals surface area contributed by atoms with Crippen molar-refractivity contribution in [1.82, 2.24) is 25.2 Å². The molecule has 3 rings (SSSR count). The van der Waals surface area contributed by atoms with Crippen LogP contribution >= 0.6 is 27.3 Å². The van der Waals surface area contributed by atoms with E-state index in [1.165, 1.54) is 4.88 Å². The molecule has 2 N–H and O–H groups in total. The molecule has 0 spiro atoms. The van der Waals surface area contributed by atoms with Gasteiger partial charge in [-0.05, 0) is 47.1 Å². The molecule has 23 heavy (non-hydrogen) atoms. The van der Waals surface area contributed by atoms with Gasteiger partial charge in [0.05, 0.1) is 10.3 Å². The lowest BCUT2D eigenvalue weighted by Crippen LogP contribution is -2.36. The third kappa shape index (κ3) is 4.08. The number of hydrogen-bond acceptors (Lipinski definition) is 4. The van der Waals surface area contributed by atoms with E-state index in [0.717, 1.165) is 34.3 Å². The zero-order valence-electron chi connectivity index (χ0n) is 12.7. The van der Waals surface area contributed by atoms with Crippen LogP contribution in [-0.2, 0) is 13.1 Å². The molecular formula is C15H17BrN6S. The molecule has 6 nitrogen and oxygen atoms in total. The van der Waals surface area contributed by atoms with Gasteiger partial charge >= 0.3 is 0 Å². The molecule has 0 aliphatic carbocycles. The Morgan fingerprint density at radius 3 is 2.96 bits per heavy atom. The second-order valence-electron chi connectivity index (χ2n) is 4.80. The lowest BCUT2D eigenvalue weighted by molar-refractivity contribution is 0.804. The van der Waals surface area contributed by atoms with Gasteiger partial charge in [0.15, 0.2) is 17.4 Å². The van der Waals surface area contributed by atoms with Gasteiger partial charge in [0.1, 0.15) is 6.54 Å². The van der Waals surface area contributed by atoms with E-state index in [1.807, 2.05) is 41.8 Å². The number of hydrogen-bond donors (Lipinski definition) is 2. The molecule has 0 aliphatic heterocycles. The number of nitrogens with zero attached hydrogens (tertiary/aromatic N) is 4. The standard InChI is InChI=1S/C15H17BrN6S/c1-2-17-15(18-9-11-6-7-12(16)23-11)19-10-14-21-20-13-5-3-4-8-22(13)14/h3-8H,2,9-10H2,1H3,(H2,17,18,19). The number of nitrogens with one attached hydrogen (secondary N) is 2. The zero-order valence-corrected chi connectivity index (χ0v) is 15.1. The van der Waals surface area contributed by atoms with E-state index in [0.29, 0.717) is 6.54 Å². The van der Waals surface area contributed by atoms with Crippen LogP contribution in [0.15, 0.2) is 45.3 Å². The average Bonchev–Trinajstić information content (AvgIpc) is 3.16. The number of thiophene rings is 1. The predicted molar refractivity (Wildman–Crippen MR) is 96.7 cm³/mol. The van der Waals surface area contributed by atoms with Gasteiger partial charge in [-0.15, -0.1) is 21.5 Å². The Bertz CT molecular complexity index is 809. The van der Waals surface area contributed by atoms with Gasteiger partial charge in [0.25, 0.3) is 0 Å². The van der Waals surface area contributed by atoms with Crippen LogP contribution < -0.4 is 10.6 Å². The van der Waals surface area contributed by atoms with E-state index in [9.17, 15) is 0 Å². The third-order valence-corrected chi connectivity index (χ3v) is 4.79. The summed E-state index contributed by atoms with van der Waals surface area (Å²) in [7, 11) is 0. The molecule has 8 heteroatoms. The molecule has 0 fully saturated rings. The lowest BCUT2D eigenvalue weighted by atomic mass is 10.4. The summed E-state index contributed by atoms with van der Waals surface area (Å²) < 4.78 is 3.08. The molecule has 0 aromatic carbocycles. The van der Waals surface area contributed by atoms with Gasteiger partial charge < -0.3 is 10.6 Å². The van der Waals surface area contributed by atoms with E-state index >= 15 is 0 Å².